The number of hydrogen-bond acceptors (Lipinski definition) is 2. The summed E-state index contributed by atoms with van der Waals surface area (Å²) in [5, 5.41) is 9.70. The van der Waals surface area contributed by atoms with E-state index in [9.17, 15) is 5.11 Å². The van der Waals surface area contributed by atoms with Gasteiger partial charge in [0.2, 0.25) is 0 Å². The molecule has 3 heteroatoms. The van der Waals surface area contributed by atoms with Gasteiger partial charge in [-0.05, 0) is 34.9 Å². The number of benzene rings is 2. The van der Waals surface area contributed by atoms with Crippen LogP contribution in [0, 0.1) is 0 Å². The van der Waals surface area contributed by atoms with Crippen LogP contribution < -0.4 is 5.73 Å². The molecule has 16 heavy (non-hydrogen) atoms. The molecular weight excluding hydrogens is 222 g/mol. The molecule has 0 aromatic heterocycles. The van der Waals surface area contributed by atoms with Crippen LogP contribution in [0.1, 0.15) is 5.56 Å². The normalized spacial score (nSPS) is 10.4. The number of aromatic hydroxyl groups is 1. The zero-order valence-electron chi connectivity index (χ0n) is 8.65. The fraction of sp³-hybridized carbons (Fsp3) is 0.0769. The van der Waals surface area contributed by atoms with E-state index in [4.69, 9.17) is 17.3 Å². The summed E-state index contributed by atoms with van der Waals surface area (Å²) in [6, 6.07) is 13.1. The van der Waals surface area contributed by atoms with Crippen molar-refractivity contribution in [3.8, 4) is 16.9 Å². The second-order valence-corrected chi connectivity index (χ2v) is 3.98. The lowest BCUT2D eigenvalue weighted by Crippen LogP contribution is -1.95. The highest BCUT2D eigenvalue weighted by atomic mass is 35.5. The van der Waals surface area contributed by atoms with E-state index in [-0.39, 0.29) is 5.75 Å². The van der Waals surface area contributed by atoms with E-state index in [0.717, 1.165) is 16.7 Å². The molecule has 0 aliphatic heterocycles. The maximum absolute atomic E-state index is 9.34. The van der Waals surface area contributed by atoms with E-state index in [2.05, 4.69) is 0 Å². The fourth-order valence-corrected chi connectivity index (χ4v) is 1.74. The van der Waals surface area contributed by atoms with Gasteiger partial charge in [0.25, 0.3) is 0 Å². The van der Waals surface area contributed by atoms with Crippen LogP contribution in [0.3, 0.4) is 0 Å². The molecule has 2 aromatic rings. The minimum absolute atomic E-state index is 0.0976. The molecule has 0 saturated carbocycles. The van der Waals surface area contributed by atoms with Crippen molar-refractivity contribution in [1.82, 2.24) is 0 Å². The lowest BCUT2D eigenvalue weighted by atomic mass is 10.0. The second-order valence-electron chi connectivity index (χ2n) is 3.57. The van der Waals surface area contributed by atoms with Crippen LogP contribution in [0.2, 0.25) is 5.02 Å². The first-order chi connectivity index (χ1) is 7.70. The minimum Gasteiger partial charge on any atom is -0.506 e. The van der Waals surface area contributed by atoms with Gasteiger partial charge >= 0.3 is 0 Å². The van der Waals surface area contributed by atoms with Gasteiger partial charge in [-0.25, -0.2) is 0 Å². The summed E-state index contributed by atoms with van der Waals surface area (Å²) in [6.07, 6.45) is 0. The third-order valence-corrected chi connectivity index (χ3v) is 2.75. The summed E-state index contributed by atoms with van der Waals surface area (Å²) in [4.78, 5) is 0. The first-order valence-corrected chi connectivity index (χ1v) is 5.36. The highest BCUT2D eigenvalue weighted by molar-refractivity contribution is 6.32. The average molecular weight is 234 g/mol. The van der Waals surface area contributed by atoms with Crippen molar-refractivity contribution in [1.29, 1.82) is 0 Å². The molecule has 3 N–H and O–H groups in total. The Kier molecular flexibility index (Phi) is 3.13. The smallest absolute Gasteiger partial charge is 0.134 e. The maximum atomic E-state index is 9.34. The van der Waals surface area contributed by atoms with Crippen molar-refractivity contribution in [2.24, 2.45) is 5.73 Å². The van der Waals surface area contributed by atoms with E-state index < -0.39 is 0 Å². The summed E-state index contributed by atoms with van der Waals surface area (Å²) >= 11 is 5.86. The number of phenols is 1. The van der Waals surface area contributed by atoms with Crippen LogP contribution in [-0.2, 0) is 6.54 Å². The van der Waals surface area contributed by atoms with Crippen LogP contribution in [0.15, 0.2) is 42.5 Å². The van der Waals surface area contributed by atoms with Gasteiger partial charge in [0.1, 0.15) is 5.75 Å². The summed E-state index contributed by atoms with van der Waals surface area (Å²) < 4.78 is 0. The first-order valence-electron chi connectivity index (χ1n) is 4.98. The third-order valence-electron chi connectivity index (χ3n) is 2.44. The largest absolute Gasteiger partial charge is 0.506 e. The van der Waals surface area contributed by atoms with Crippen molar-refractivity contribution in [2.75, 3.05) is 0 Å². The van der Waals surface area contributed by atoms with E-state index in [1.165, 1.54) is 0 Å². The van der Waals surface area contributed by atoms with Crippen LogP contribution in [0.4, 0.5) is 0 Å². The summed E-state index contributed by atoms with van der Waals surface area (Å²) in [6.45, 7) is 0.514. The van der Waals surface area contributed by atoms with E-state index >= 15 is 0 Å². The molecule has 0 atom stereocenters. The van der Waals surface area contributed by atoms with E-state index in [1.807, 2.05) is 30.3 Å². The van der Waals surface area contributed by atoms with E-state index in [1.54, 1.807) is 12.1 Å². The lowest BCUT2D eigenvalue weighted by Gasteiger charge is -2.05. The molecule has 0 spiro atoms. The lowest BCUT2D eigenvalue weighted by molar-refractivity contribution is 0.475. The molecule has 82 valence electrons. The SMILES string of the molecule is NCc1cccc(-c2ccc(O)c(Cl)c2)c1. The highest BCUT2D eigenvalue weighted by Crippen LogP contribution is 2.29. The standard InChI is InChI=1S/C13H12ClNO/c14-12-7-11(4-5-13(12)16)10-3-1-2-9(6-10)8-15/h1-7,16H,8,15H2. The molecule has 0 bridgehead atoms. The summed E-state index contributed by atoms with van der Waals surface area (Å²) in [5.41, 5.74) is 8.67. The Balaban J connectivity index is 2.46. The van der Waals surface area contributed by atoms with Gasteiger partial charge in [-0.3, -0.25) is 0 Å². The Labute approximate surface area is 99.3 Å². The van der Waals surface area contributed by atoms with Gasteiger partial charge in [-0.1, -0.05) is 35.9 Å². The Morgan fingerprint density at radius 3 is 2.50 bits per heavy atom. The van der Waals surface area contributed by atoms with Crippen molar-refractivity contribution in [3.05, 3.63) is 53.1 Å². The van der Waals surface area contributed by atoms with Crippen molar-refractivity contribution in [2.45, 2.75) is 6.54 Å². The Morgan fingerprint density at radius 2 is 1.81 bits per heavy atom. The van der Waals surface area contributed by atoms with E-state index in [0.29, 0.717) is 11.6 Å². The highest BCUT2D eigenvalue weighted by Gasteiger charge is 2.02. The number of phenolic OH excluding ortho intramolecular Hbond substituents is 1. The molecule has 0 aliphatic carbocycles. The van der Waals surface area contributed by atoms with Crippen LogP contribution in [0.25, 0.3) is 11.1 Å². The molecule has 2 aromatic carbocycles. The Bertz CT molecular complexity index is 511. The predicted molar refractivity (Wildman–Crippen MR) is 66.4 cm³/mol. The summed E-state index contributed by atoms with van der Waals surface area (Å²) in [7, 11) is 0. The van der Waals surface area contributed by atoms with Gasteiger partial charge in [0.05, 0.1) is 5.02 Å². The quantitative estimate of drug-likeness (QED) is 0.837. The van der Waals surface area contributed by atoms with Gasteiger partial charge in [0.15, 0.2) is 0 Å². The van der Waals surface area contributed by atoms with Gasteiger partial charge < -0.3 is 10.8 Å². The number of rotatable bonds is 2. The van der Waals surface area contributed by atoms with Crippen molar-refractivity contribution in [3.63, 3.8) is 0 Å². The zero-order chi connectivity index (χ0) is 11.5. The average Bonchev–Trinajstić information content (AvgIpc) is 2.33. The molecule has 0 saturated heterocycles. The van der Waals surface area contributed by atoms with Crippen molar-refractivity contribution < 1.29 is 5.11 Å². The van der Waals surface area contributed by atoms with Crippen LogP contribution >= 0.6 is 11.6 Å². The number of nitrogens with two attached hydrogens (primary N) is 1. The zero-order valence-corrected chi connectivity index (χ0v) is 9.41. The minimum atomic E-state index is 0.0976. The Morgan fingerprint density at radius 1 is 1.06 bits per heavy atom. The van der Waals surface area contributed by atoms with Crippen LogP contribution in [0.5, 0.6) is 5.75 Å². The number of hydrogen-bond donors (Lipinski definition) is 2. The van der Waals surface area contributed by atoms with Crippen LogP contribution in [-0.4, -0.2) is 5.11 Å². The topological polar surface area (TPSA) is 46.2 Å². The third kappa shape index (κ3) is 2.18. The van der Waals surface area contributed by atoms with Gasteiger partial charge in [-0.2, -0.15) is 0 Å². The first kappa shape index (κ1) is 11.0. The monoisotopic (exact) mass is 233 g/mol. The van der Waals surface area contributed by atoms with Crippen molar-refractivity contribution >= 4 is 11.6 Å². The van der Waals surface area contributed by atoms with Gasteiger partial charge in [0, 0.05) is 6.54 Å². The molecule has 0 radical (unpaired) electrons. The predicted octanol–water partition coefficient (Wildman–Crippen LogP) is 3.17. The molecule has 0 fully saturated rings. The molecular formula is C13H12ClNO. The fourth-order valence-electron chi connectivity index (χ4n) is 1.56. The Hall–Kier alpha value is -1.51. The number of halogens is 1. The molecule has 0 aliphatic rings. The molecule has 2 rings (SSSR count). The van der Waals surface area contributed by atoms with Gasteiger partial charge in [-0.15, -0.1) is 0 Å². The molecule has 0 unspecified atom stereocenters. The molecule has 2 nitrogen and oxygen atoms in total. The molecule has 0 heterocycles. The maximum Gasteiger partial charge on any atom is 0.134 e. The second kappa shape index (κ2) is 4.56. The molecule has 0 amide bonds. The summed E-state index contributed by atoms with van der Waals surface area (Å²) in [5.74, 6) is 0.0976.